The molecule has 2 aromatic rings. The van der Waals surface area contributed by atoms with Crippen LogP contribution in [0, 0.1) is 0 Å². The molecule has 0 aromatic carbocycles. The van der Waals surface area contributed by atoms with Gasteiger partial charge in [0.1, 0.15) is 10.4 Å². The molecule has 1 saturated carbocycles. The fraction of sp³-hybridized carbons (Fsp3) is 0.545. The van der Waals surface area contributed by atoms with Gasteiger partial charge in [-0.1, -0.05) is 24.5 Å². The molecule has 0 radical (unpaired) electrons. The van der Waals surface area contributed by atoms with E-state index in [2.05, 4.69) is 10.3 Å². The molecule has 5 nitrogen and oxygen atoms in total. The summed E-state index contributed by atoms with van der Waals surface area (Å²) in [5.74, 6) is -0.886. The number of carboxylic acid groups (broad SMARTS) is 1. The van der Waals surface area contributed by atoms with Gasteiger partial charge in [0.15, 0.2) is 4.83 Å². The van der Waals surface area contributed by atoms with Crippen molar-refractivity contribution in [1.82, 2.24) is 15.0 Å². The Morgan fingerprint density at radius 1 is 1.41 bits per heavy atom. The molecule has 0 bridgehead atoms. The monoisotopic (exact) mass is 251 g/mol. The van der Waals surface area contributed by atoms with Crippen molar-refractivity contribution in [2.75, 3.05) is 0 Å². The predicted molar refractivity (Wildman–Crippen MR) is 64.5 cm³/mol. The Hall–Kier alpha value is -1.43. The summed E-state index contributed by atoms with van der Waals surface area (Å²) in [6, 6.07) is 2.08. The van der Waals surface area contributed by atoms with Crippen LogP contribution < -0.4 is 0 Å². The van der Waals surface area contributed by atoms with Crippen LogP contribution in [-0.2, 0) is 0 Å². The fourth-order valence-electron chi connectivity index (χ4n) is 2.45. The molecule has 0 aliphatic heterocycles. The quantitative estimate of drug-likeness (QED) is 0.891. The van der Waals surface area contributed by atoms with E-state index in [0.29, 0.717) is 10.9 Å². The minimum atomic E-state index is -0.886. The van der Waals surface area contributed by atoms with Crippen LogP contribution >= 0.6 is 11.3 Å². The van der Waals surface area contributed by atoms with Gasteiger partial charge in [0.25, 0.3) is 0 Å². The van der Waals surface area contributed by atoms with E-state index in [4.69, 9.17) is 5.11 Å². The van der Waals surface area contributed by atoms with Crippen LogP contribution in [0.4, 0.5) is 0 Å². The molecule has 0 amide bonds. The lowest BCUT2D eigenvalue weighted by Gasteiger charge is -2.21. The zero-order chi connectivity index (χ0) is 11.8. The van der Waals surface area contributed by atoms with Gasteiger partial charge >= 0.3 is 5.97 Å². The van der Waals surface area contributed by atoms with E-state index in [0.717, 1.165) is 23.2 Å². The molecule has 2 aromatic heterocycles. The largest absolute Gasteiger partial charge is 0.477 e. The maximum absolute atomic E-state index is 10.9. The molecule has 1 aliphatic rings. The Morgan fingerprint density at radius 2 is 2.18 bits per heavy atom. The summed E-state index contributed by atoms with van der Waals surface area (Å²) in [5.41, 5.74) is 0.874. The Bertz CT molecular complexity index is 554. The van der Waals surface area contributed by atoms with Gasteiger partial charge in [-0.3, -0.25) is 0 Å². The average molecular weight is 251 g/mol. The number of thiophene rings is 1. The summed E-state index contributed by atoms with van der Waals surface area (Å²) in [6.45, 7) is 0. The van der Waals surface area contributed by atoms with E-state index in [-0.39, 0.29) is 0 Å². The standard InChI is InChI=1S/C11H13N3O2S/c15-11(16)9-6-8-10(17-9)12-13-14(8)7-4-2-1-3-5-7/h6-7H,1-5H2,(H,15,16). The van der Waals surface area contributed by atoms with E-state index < -0.39 is 5.97 Å². The highest BCUT2D eigenvalue weighted by Crippen LogP contribution is 2.32. The van der Waals surface area contributed by atoms with Crippen molar-refractivity contribution in [1.29, 1.82) is 0 Å². The number of rotatable bonds is 2. The van der Waals surface area contributed by atoms with Crippen molar-refractivity contribution in [2.45, 2.75) is 38.1 Å². The van der Waals surface area contributed by atoms with Crippen molar-refractivity contribution in [3.8, 4) is 0 Å². The fourth-order valence-corrected chi connectivity index (χ4v) is 3.25. The second kappa shape index (κ2) is 4.10. The third-order valence-corrected chi connectivity index (χ3v) is 4.30. The van der Waals surface area contributed by atoms with E-state index in [1.165, 1.54) is 30.6 Å². The van der Waals surface area contributed by atoms with Gasteiger partial charge in [-0.15, -0.1) is 16.4 Å². The van der Waals surface area contributed by atoms with Gasteiger partial charge < -0.3 is 5.11 Å². The molecule has 1 aliphatic carbocycles. The topological polar surface area (TPSA) is 68.0 Å². The lowest BCUT2D eigenvalue weighted by molar-refractivity contribution is 0.0702. The number of aromatic nitrogens is 3. The smallest absolute Gasteiger partial charge is 0.346 e. The molecule has 17 heavy (non-hydrogen) atoms. The number of nitrogens with zero attached hydrogens (tertiary/aromatic N) is 3. The van der Waals surface area contributed by atoms with Gasteiger partial charge in [-0.05, 0) is 18.9 Å². The van der Waals surface area contributed by atoms with Crippen molar-refractivity contribution >= 4 is 27.7 Å². The maximum Gasteiger partial charge on any atom is 0.346 e. The lowest BCUT2D eigenvalue weighted by Crippen LogP contribution is -2.14. The van der Waals surface area contributed by atoms with Gasteiger partial charge in [0, 0.05) is 0 Å². The zero-order valence-electron chi connectivity index (χ0n) is 9.30. The van der Waals surface area contributed by atoms with Gasteiger partial charge in [0.2, 0.25) is 0 Å². The van der Waals surface area contributed by atoms with Crippen molar-refractivity contribution in [3.63, 3.8) is 0 Å². The molecule has 90 valence electrons. The molecule has 2 heterocycles. The van der Waals surface area contributed by atoms with Crippen LogP contribution in [0.3, 0.4) is 0 Å². The zero-order valence-corrected chi connectivity index (χ0v) is 10.1. The van der Waals surface area contributed by atoms with Crippen molar-refractivity contribution < 1.29 is 9.90 Å². The maximum atomic E-state index is 10.9. The SMILES string of the molecule is O=C(O)c1cc2c(nnn2C2CCCCC2)s1. The molecule has 1 fully saturated rings. The predicted octanol–water partition coefficient (Wildman–Crippen LogP) is 2.70. The van der Waals surface area contributed by atoms with Crippen LogP contribution in [0.25, 0.3) is 10.3 Å². The summed E-state index contributed by atoms with van der Waals surface area (Å²) < 4.78 is 1.91. The first-order valence-corrected chi connectivity index (χ1v) is 6.65. The Kier molecular flexibility index (Phi) is 2.58. The summed E-state index contributed by atoms with van der Waals surface area (Å²) in [5, 5.41) is 17.2. The average Bonchev–Trinajstić information content (AvgIpc) is 2.89. The highest BCUT2D eigenvalue weighted by molar-refractivity contribution is 7.20. The van der Waals surface area contributed by atoms with E-state index >= 15 is 0 Å². The molecule has 3 rings (SSSR count). The van der Waals surface area contributed by atoms with E-state index in [1.54, 1.807) is 6.07 Å². The van der Waals surface area contributed by atoms with E-state index in [1.807, 2.05) is 4.68 Å². The third kappa shape index (κ3) is 1.82. The Labute approximate surface area is 102 Å². The van der Waals surface area contributed by atoms with Crippen LogP contribution in [0.2, 0.25) is 0 Å². The Morgan fingerprint density at radius 3 is 2.88 bits per heavy atom. The summed E-state index contributed by atoms with van der Waals surface area (Å²) in [7, 11) is 0. The normalized spacial score (nSPS) is 17.6. The first-order chi connectivity index (χ1) is 8.25. The van der Waals surface area contributed by atoms with E-state index in [9.17, 15) is 4.79 Å². The third-order valence-electron chi connectivity index (χ3n) is 3.30. The number of carboxylic acids is 1. The molecular formula is C11H13N3O2S. The molecular weight excluding hydrogens is 238 g/mol. The molecule has 0 spiro atoms. The second-order valence-electron chi connectivity index (χ2n) is 4.43. The molecule has 0 saturated heterocycles. The minimum Gasteiger partial charge on any atom is -0.477 e. The summed E-state index contributed by atoms with van der Waals surface area (Å²) in [4.78, 5) is 12.0. The van der Waals surface area contributed by atoms with Crippen LogP contribution in [0.1, 0.15) is 47.8 Å². The minimum absolute atomic E-state index is 0.342. The lowest BCUT2D eigenvalue weighted by atomic mass is 9.95. The summed E-state index contributed by atoms with van der Waals surface area (Å²) in [6.07, 6.45) is 5.98. The molecule has 0 atom stereocenters. The highest BCUT2D eigenvalue weighted by Gasteiger charge is 2.21. The first-order valence-electron chi connectivity index (χ1n) is 5.84. The number of fused-ring (bicyclic) bond motifs is 1. The molecule has 0 unspecified atom stereocenters. The molecule has 6 heteroatoms. The van der Waals surface area contributed by atoms with Crippen molar-refractivity contribution in [2.24, 2.45) is 0 Å². The molecule has 1 N–H and O–H groups in total. The van der Waals surface area contributed by atoms with Crippen LogP contribution in [-0.4, -0.2) is 26.1 Å². The van der Waals surface area contributed by atoms with Gasteiger partial charge in [-0.2, -0.15) is 0 Å². The van der Waals surface area contributed by atoms with Crippen LogP contribution in [0.15, 0.2) is 6.07 Å². The van der Waals surface area contributed by atoms with Gasteiger partial charge in [-0.25, -0.2) is 9.48 Å². The Balaban J connectivity index is 2.00. The number of hydrogen-bond acceptors (Lipinski definition) is 4. The second-order valence-corrected chi connectivity index (χ2v) is 5.46. The number of aromatic carboxylic acids is 1. The van der Waals surface area contributed by atoms with Crippen molar-refractivity contribution in [3.05, 3.63) is 10.9 Å². The number of carbonyl (C=O) groups is 1. The number of hydrogen-bond donors (Lipinski definition) is 1. The van der Waals surface area contributed by atoms with Gasteiger partial charge in [0.05, 0.1) is 6.04 Å². The van der Waals surface area contributed by atoms with Crippen LogP contribution in [0.5, 0.6) is 0 Å². The first kappa shape index (κ1) is 10.7. The summed E-state index contributed by atoms with van der Waals surface area (Å²) >= 11 is 1.20. The highest BCUT2D eigenvalue weighted by atomic mass is 32.1.